The summed E-state index contributed by atoms with van der Waals surface area (Å²) in [5.41, 5.74) is 1.88. The fourth-order valence-electron chi connectivity index (χ4n) is 3.92. The second-order valence-corrected chi connectivity index (χ2v) is 7.32. The van der Waals surface area contributed by atoms with Gasteiger partial charge in [-0.1, -0.05) is 52.3 Å². The Hall–Kier alpha value is -1.85. The summed E-state index contributed by atoms with van der Waals surface area (Å²) in [6, 6.07) is 12.5. The first kappa shape index (κ1) is 13.6. The molecule has 5 rings (SSSR count). The van der Waals surface area contributed by atoms with E-state index < -0.39 is 0 Å². The third kappa shape index (κ3) is 1.66. The van der Waals surface area contributed by atoms with Gasteiger partial charge < -0.3 is 9.67 Å². The van der Waals surface area contributed by atoms with E-state index in [0.29, 0.717) is 4.77 Å². The highest BCUT2D eigenvalue weighted by Gasteiger charge is 2.38. The first-order chi connectivity index (χ1) is 11.2. The van der Waals surface area contributed by atoms with Gasteiger partial charge in [-0.05, 0) is 36.2 Å². The molecule has 0 fully saturated rings. The number of imidazole rings is 1. The summed E-state index contributed by atoms with van der Waals surface area (Å²) in [6.45, 7) is 0. The third-order valence-corrected chi connectivity index (χ3v) is 6.00. The van der Waals surface area contributed by atoms with Crippen molar-refractivity contribution in [2.24, 2.45) is 0 Å². The summed E-state index contributed by atoms with van der Waals surface area (Å²) in [5.74, 6) is 0.559. The molecule has 0 radical (unpaired) electrons. The molecule has 0 saturated carbocycles. The fraction of sp³-hybridized carbons (Fsp3) is 0.167. The summed E-state index contributed by atoms with van der Waals surface area (Å²) in [7, 11) is 0. The molecule has 0 saturated heterocycles. The van der Waals surface area contributed by atoms with E-state index >= 15 is 0 Å². The Bertz CT molecular complexity index is 1060. The number of hydrogen-bond donors (Lipinski definition) is 1. The van der Waals surface area contributed by atoms with Crippen molar-refractivity contribution in [2.45, 2.75) is 18.4 Å². The standard InChI is InChI=1S/C18H13BrN2OS/c19-14-7-8-15(13-4-2-1-3-12(13)14)21-17(22)16-10-5-6-11(9-10)20(16)18(21)23/h1-8,10-11,22H,9H2. The number of nitrogens with zero attached hydrogens (tertiary/aromatic N) is 2. The lowest BCUT2D eigenvalue weighted by Crippen LogP contribution is -2.03. The maximum atomic E-state index is 10.9. The van der Waals surface area contributed by atoms with Gasteiger partial charge in [0.25, 0.3) is 0 Å². The van der Waals surface area contributed by atoms with Crippen LogP contribution in [0, 0.1) is 4.77 Å². The van der Waals surface area contributed by atoms with E-state index in [0.717, 1.165) is 33.0 Å². The minimum atomic E-state index is 0.277. The molecule has 0 amide bonds. The van der Waals surface area contributed by atoms with Gasteiger partial charge in [0, 0.05) is 15.8 Å². The van der Waals surface area contributed by atoms with Gasteiger partial charge in [0.1, 0.15) is 0 Å². The minimum Gasteiger partial charge on any atom is -0.493 e. The van der Waals surface area contributed by atoms with Crippen LogP contribution < -0.4 is 0 Å². The highest BCUT2D eigenvalue weighted by molar-refractivity contribution is 9.10. The van der Waals surface area contributed by atoms with E-state index in [2.05, 4.69) is 44.8 Å². The van der Waals surface area contributed by atoms with Crippen molar-refractivity contribution in [3.8, 4) is 11.6 Å². The maximum absolute atomic E-state index is 10.9. The molecule has 1 aliphatic heterocycles. The average Bonchev–Trinajstić information content (AvgIpc) is 3.24. The predicted molar refractivity (Wildman–Crippen MR) is 97.0 cm³/mol. The number of aromatic hydroxyl groups is 1. The lowest BCUT2D eigenvalue weighted by molar-refractivity contribution is 0.434. The molecule has 23 heavy (non-hydrogen) atoms. The van der Waals surface area contributed by atoms with E-state index in [1.165, 1.54) is 0 Å². The van der Waals surface area contributed by atoms with Crippen molar-refractivity contribution >= 4 is 38.9 Å². The molecule has 2 unspecified atom stereocenters. The first-order valence-corrected chi connectivity index (χ1v) is 8.79. The highest BCUT2D eigenvalue weighted by Crippen LogP contribution is 2.49. The topological polar surface area (TPSA) is 30.1 Å². The molecule has 2 atom stereocenters. The van der Waals surface area contributed by atoms with Crippen molar-refractivity contribution in [1.82, 2.24) is 9.13 Å². The van der Waals surface area contributed by atoms with Gasteiger partial charge in [-0.25, -0.2) is 0 Å². The molecule has 1 N–H and O–H groups in total. The molecule has 114 valence electrons. The van der Waals surface area contributed by atoms with Crippen LogP contribution >= 0.6 is 28.1 Å². The predicted octanol–water partition coefficient (Wildman–Crippen LogP) is 5.23. The quantitative estimate of drug-likeness (QED) is 0.459. The second-order valence-electron chi connectivity index (χ2n) is 6.10. The number of allylic oxidation sites excluding steroid dienone is 2. The van der Waals surface area contributed by atoms with Gasteiger partial charge in [-0.2, -0.15) is 0 Å². The number of hydrogen-bond acceptors (Lipinski definition) is 2. The van der Waals surface area contributed by atoms with Crippen molar-refractivity contribution in [2.75, 3.05) is 0 Å². The Balaban J connectivity index is 1.86. The summed E-state index contributed by atoms with van der Waals surface area (Å²) in [5, 5.41) is 13.0. The number of rotatable bonds is 1. The molecule has 0 spiro atoms. The number of benzene rings is 2. The molecule has 2 aliphatic rings. The zero-order valence-electron chi connectivity index (χ0n) is 12.1. The first-order valence-electron chi connectivity index (χ1n) is 7.59. The zero-order chi connectivity index (χ0) is 15.7. The average molecular weight is 385 g/mol. The van der Waals surface area contributed by atoms with E-state index in [4.69, 9.17) is 12.2 Å². The van der Waals surface area contributed by atoms with Crippen molar-refractivity contribution < 1.29 is 5.11 Å². The Kier molecular flexibility index (Phi) is 2.71. The fourth-order valence-corrected chi connectivity index (χ4v) is 4.82. The van der Waals surface area contributed by atoms with Crippen LogP contribution in [0.3, 0.4) is 0 Å². The van der Waals surface area contributed by atoms with E-state index in [-0.39, 0.29) is 17.8 Å². The van der Waals surface area contributed by atoms with Gasteiger partial charge in [-0.15, -0.1) is 0 Å². The molecule has 1 aliphatic carbocycles. The SMILES string of the molecule is Oc1c2n(c(=S)n1-c1ccc(Br)c3ccccc13)C1C=CC2C1. The number of fused-ring (bicyclic) bond motifs is 6. The molecule has 2 aromatic carbocycles. The van der Waals surface area contributed by atoms with Gasteiger partial charge >= 0.3 is 0 Å². The Morgan fingerprint density at radius 1 is 1.09 bits per heavy atom. The van der Waals surface area contributed by atoms with Crippen LogP contribution in [0.15, 0.2) is 53.0 Å². The molecule has 3 aromatic rings. The van der Waals surface area contributed by atoms with Crippen molar-refractivity contribution in [3.63, 3.8) is 0 Å². The van der Waals surface area contributed by atoms with E-state index in [1.807, 2.05) is 28.8 Å². The minimum absolute atomic E-state index is 0.277. The molecular formula is C18H13BrN2OS. The van der Waals surface area contributed by atoms with Gasteiger partial charge in [0.15, 0.2) is 4.77 Å². The van der Waals surface area contributed by atoms with Crippen LogP contribution in [-0.4, -0.2) is 14.2 Å². The van der Waals surface area contributed by atoms with Crippen molar-refractivity contribution in [1.29, 1.82) is 0 Å². The summed E-state index contributed by atoms with van der Waals surface area (Å²) in [6.07, 6.45) is 5.39. The lowest BCUT2D eigenvalue weighted by Gasteiger charge is -2.11. The van der Waals surface area contributed by atoms with Gasteiger partial charge in [0.05, 0.1) is 17.4 Å². The van der Waals surface area contributed by atoms with Crippen molar-refractivity contribution in [3.05, 3.63) is 63.5 Å². The molecule has 5 heteroatoms. The molecule has 2 bridgehead atoms. The van der Waals surface area contributed by atoms with Gasteiger partial charge in [0.2, 0.25) is 5.88 Å². The Labute approximate surface area is 146 Å². The molecular weight excluding hydrogens is 372 g/mol. The summed E-state index contributed by atoms with van der Waals surface area (Å²) in [4.78, 5) is 0. The normalized spacial score (nSPS) is 21.3. The Morgan fingerprint density at radius 2 is 1.87 bits per heavy atom. The van der Waals surface area contributed by atoms with Crippen LogP contribution in [-0.2, 0) is 0 Å². The summed E-state index contributed by atoms with van der Waals surface area (Å²) >= 11 is 9.30. The van der Waals surface area contributed by atoms with Gasteiger partial charge in [-0.3, -0.25) is 4.57 Å². The lowest BCUT2D eigenvalue weighted by atomic mass is 10.1. The monoisotopic (exact) mass is 384 g/mol. The zero-order valence-corrected chi connectivity index (χ0v) is 14.5. The van der Waals surface area contributed by atoms with E-state index in [9.17, 15) is 5.11 Å². The molecule has 1 aromatic heterocycles. The largest absolute Gasteiger partial charge is 0.493 e. The second kappa shape index (κ2) is 4.58. The van der Waals surface area contributed by atoms with Crippen LogP contribution in [0.5, 0.6) is 5.88 Å². The van der Waals surface area contributed by atoms with Crippen LogP contribution in [0.1, 0.15) is 24.1 Å². The number of halogens is 1. The highest BCUT2D eigenvalue weighted by atomic mass is 79.9. The third-order valence-electron chi connectivity index (χ3n) is 4.93. The maximum Gasteiger partial charge on any atom is 0.218 e. The van der Waals surface area contributed by atoms with Crippen LogP contribution in [0.4, 0.5) is 0 Å². The molecule has 3 nitrogen and oxygen atoms in total. The van der Waals surface area contributed by atoms with Crippen LogP contribution in [0.25, 0.3) is 16.5 Å². The smallest absolute Gasteiger partial charge is 0.218 e. The Morgan fingerprint density at radius 3 is 2.65 bits per heavy atom. The number of aromatic nitrogens is 2. The van der Waals surface area contributed by atoms with Crippen LogP contribution in [0.2, 0.25) is 0 Å². The molecule has 2 heterocycles. The summed E-state index contributed by atoms with van der Waals surface area (Å²) < 4.78 is 5.62. The van der Waals surface area contributed by atoms with E-state index in [1.54, 1.807) is 0 Å².